The molecule has 20 heavy (non-hydrogen) atoms. The molecule has 1 heterocycles. The van der Waals surface area contributed by atoms with E-state index in [4.69, 9.17) is 4.42 Å². The molecule has 2 aromatic carbocycles. The van der Waals surface area contributed by atoms with E-state index in [2.05, 4.69) is 36.3 Å². The summed E-state index contributed by atoms with van der Waals surface area (Å²) >= 11 is 0. The second-order valence-electron chi connectivity index (χ2n) is 5.29. The minimum absolute atomic E-state index is 0.169. The van der Waals surface area contributed by atoms with Crippen LogP contribution < -0.4 is 5.32 Å². The number of phenols is 1. The van der Waals surface area contributed by atoms with Crippen molar-refractivity contribution in [2.75, 3.05) is 5.32 Å². The van der Waals surface area contributed by atoms with Gasteiger partial charge in [0.05, 0.1) is 5.54 Å². The van der Waals surface area contributed by atoms with Gasteiger partial charge in [-0.25, -0.2) is 0 Å². The van der Waals surface area contributed by atoms with E-state index < -0.39 is 0 Å². The molecule has 2 N–H and O–H groups in total. The molecule has 0 atom stereocenters. The Morgan fingerprint density at radius 3 is 2.60 bits per heavy atom. The van der Waals surface area contributed by atoms with Crippen molar-refractivity contribution in [1.82, 2.24) is 4.98 Å². The molecule has 0 bridgehead atoms. The van der Waals surface area contributed by atoms with Gasteiger partial charge in [0, 0.05) is 6.07 Å². The summed E-state index contributed by atoms with van der Waals surface area (Å²) in [5, 5.41) is 12.7. The van der Waals surface area contributed by atoms with Gasteiger partial charge in [0.2, 0.25) is 0 Å². The fourth-order valence-corrected chi connectivity index (χ4v) is 2.16. The lowest BCUT2D eigenvalue weighted by molar-refractivity contribution is 0.474. The first-order valence-electron chi connectivity index (χ1n) is 6.48. The Morgan fingerprint density at radius 1 is 1.10 bits per heavy atom. The summed E-state index contributed by atoms with van der Waals surface area (Å²) in [4.78, 5) is 4.38. The fraction of sp³-hybridized carbons (Fsp3) is 0.188. The third-order valence-electron chi connectivity index (χ3n) is 3.29. The zero-order valence-electron chi connectivity index (χ0n) is 11.4. The third kappa shape index (κ3) is 2.32. The first-order chi connectivity index (χ1) is 9.54. The van der Waals surface area contributed by atoms with Crippen LogP contribution in [-0.4, -0.2) is 10.1 Å². The van der Waals surface area contributed by atoms with E-state index in [1.807, 2.05) is 18.2 Å². The Bertz CT molecular complexity index is 733. The molecule has 0 radical (unpaired) electrons. The van der Waals surface area contributed by atoms with Gasteiger partial charge in [0.1, 0.15) is 11.3 Å². The molecular weight excluding hydrogens is 252 g/mol. The van der Waals surface area contributed by atoms with Gasteiger partial charge in [-0.05, 0) is 31.5 Å². The van der Waals surface area contributed by atoms with Crippen LogP contribution >= 0.6 is 0 Å². The van der Waals surface area contributed by atoms with Crippen LogP contribution in [0.25, 0.3) is 11.1 Å². The monoisotopic (exact) mass is 268 g/mol. The van der Waals surface area contributed by atoms with Crippen molar-refractivity contribution in [3.63, 3.8) is 0 Å². The molecule has 102 valence electrons. The first kappa shape index (κ1) is 12.5. The maximum atomic E-state index is 9.44. The van der Waals surface area contributed by atoms with Gasteiger partial charge in [-0.15, -0.1) is 0 Å². The summed E-state index contributed by atoms with van der Waals surface area (Å²) in [6.07, 6.45) is 0. The van der Waals surface area contributed by atoms with Crippen LogP contribution in [0.2, 0.25) is 0 Å². The lowest BCUT2D eigenvalue weighted by Crippen LogP contribution is -2.27. The molecule has 0 saturated carbocycles. The Balaban J connectivity index is 1.92. The van der Waals surface area contributed by atoms with Crippen molar-refractivity contribution >= 4 is 17.1 Å². The van der Waals surface area contributed by atoms with Crippen LogP contribution in [0.1, 0.15) is 19.4 Å². The molecule has 0 aliphatic heterocycles. The summed E-state index contributed by atoms with van der Waals surface area (Å²) in [6, 6.07) is 15.4. The number of phenolic OH excluding ortho intramolecular Hbond substituents is 1. The van der Waals surface area contributed by atoms with Gasteiger partial charge in [-0.1, -0.05) is 30.3 Å². The Hall–Kier alpha value is -2.49. The molecule has 3 rings (SSSR count). The number of aromatic nitrogens is 1. The van der Waals surface area contributed by atoms with Gasteiger partial charge in [-0.3, -0.25) is 0 Å². The Labute approximate surface area is 117 Å². The minimum atomic E-state index is -0.301. The molecule has 0 aliphatic carbocycles. The van der Waals surface area contributed by atoms with Crippen molar-refractivity contribution in [2.45, 2.75) is 19.4 Å². The quantitative estimate of drug-likeness (QED) is 0.756. The molecule has 0 aliphatic rings. The van der Waals surface area contributed by atoms with Crippen molar-refractivity contribution in [3.05, 3.63) is 54.1 Å². The predicted molar refractivity (Wildman–Crippen MR) is 78.8 cm³/mol. The molecular formula is C16H16N2O2. The van der Waals surface area contributed by atoms with Crippen LogP contribution in [0.5, 0.6) is 5.75 Å². The van der Waals surface area contributed by atoms with Crippen LogP contribution in [0.15, 0.2) is 52.9 Å². The number of rotatable bonds is 3. The van der Waals surface area contributed by atoms with E-state index in [0.29, 0.717) is 17.1 Å². The van der Waals surface area contributed by atoms with Crippen LogP contribution in [0.4, 0.5) is 6.01 Å². The summed E-state index contributed by atoms with van der Waals surface area (Å²) < 4.78 is 5.62. The van der Waals surface area contributed by atoms with Crippen molar-refractivity contribution in [2.24, 2.45) is 0 Å². The molecule has 0 amide bonds. The van der Waals surface area contributed by atoms with Gasteiger partial charge < -0.3 is 14.8 Å². The number of oxazole rings is 1. The minimum Gasteiger partial charge on any atom is -0.508 e. The number of hydrogen-bond donors (Lipinski definition) is 2. The second kappa shape index (κ2) is 4.56. The molecule has 3 aromatic rings. The molecule has 0 spiro atoms. The van der Waals surface area contributed by atoms with E-state index >= 15 is 0 Å². The van der Waals surface area contributed by atoms with Crippen molar-refractivity contribution in [1.29, 1.82) is 0 Å². The van der Waals surface area contributed by atoms with Gasteiger partial charge >= 0.3 is 0 Å². The predicted octanol–water partition coefficient (Wildman–Crippen LogP) is 3.88. The third-order valence-corrected chi connectivity index (χ3v) is 3.29. The standard InChI is InChI=1S/C16H16N2O2/c1-16(2,11-6-4-3-5-7-11)18-15-17-13-9-8-12(19)10-14(13)20-15/h3-10,19H,1-2H3,(H,17,18). The van der Waals surface area contributed by atoms with E-state index in [9.17, 15) is 5.11 Å². The van der Waals surface area contributed by atoms with E-state index in [0.717, 1.165) is 5.56 Å². The van der Waals surface area contributed by atoms with Crippen molar-refractivity contribution < 1.29 is 9.52 Å². The number of anilines is 1. The molecule has 1 aromatic heterocycles. The maximum absolute atomic E-state index is 9.44. The Morgan fingerprint density at radius 2 is 1.85 bits per heavy atom. The summed E-state index contributed by atoms with van der Waals surface area (Å²) in [5.74, 6) is 0.169. The first-order valence-corrected chi connectivity index (χ1v) is 6.48. The molecule has 0 unspecified atom stereocenters. The van der Waals surface area contributed by atoms with Crippen molar-refractivity contribution in [3.8, 4) is 5.75 Å². The number of nitrogens with zero attached hydrogens (tertiary/aromatic N) is 1. The lowest BCUT2D eigenvalue weighted by atomic mass is 9.95. The van der Waals surface area contributed by atoms with E-state index in [-0.39, 0.29) is 11.3 Å². The highest BCUT2D eigenvalue weighted by molar-refractivity contribution is 5.76. The average Bonchev–Trinajstić information content (AvgIpc) is 2.80. The average molecular weight is 268 g/mol. The smallest absolute Gasteiger partial charge is 0.296 e. The fourth-order valence-electron chi connectivity index (χ4n) is 2.16. The highest BCUT2D eigenvalue weighted by atomic mass is 16.4. The number of nitrogens with one attached hydrogen (secondary N) is 1. The zero-order chi connectivity index (χ0) is 14.2. The van der Waals surface area contributed by atoms with Gasteiger partial charge in [0.25, 0.3) is 6.01 Å². The van der Waals surface area contributed by atoms with Crippen LogP contribution in [-0.2, 0) is 5.54 Å². The van der Waals surface area contributed by atoms with Crippen LogP contribution in [0.3, 0.4) is 0 Å². The molecule has 0 saturated heterocycles. The largest absolute Gasteiger partial charge is 0.508 e. The van der Waals surface area contributed by atoms with E-state index in [1.165, 1.54) is 0 Å². The zero-order valence-corrected chi connectivity index (χ0v) is 11.4. The maximum Gasteiger partial charge on any atom is 0.296 e. The summed E-state index contributed by atoms with van der Waals surface area (Å²) in [6.45, 7) is 4.13. The number of hydrogen-bond acceptors (Lipinski definition) is 4. The van der Waals surface area contributed by atoms with Crippen LogP contribution in [0, 0.1) is 0 Å². The number of benzene rings is 2. The molecule has 0 fully saturated rings. The number of aromatic hydroxyl groups is 1. The van der Waals surface area contributed by atoms with Gasteiger partial charge in [-0.2, -0.15) is 4.98 Å². The normalized spacial score (nSPS) is 11.7. The molecule has 4 heteroatoms. The Kier molecular flexibility index (Phi) is 2.86. The lowest BCUT2D eigenvalue weighted by Gasteiger charge is -2.25. The topological polar surface area (TPSA) is 58.3 Å². The summed E-state index contributed by atoms with van der Waals surface area (Å²) in [7, 11) is 0. The number of fused-ring (bicyclic) bond motifs is 1. The van der Waals surface area contributed by atoms with Gasteiger partial charge in [0.15, 0.2) is 5.58 Å². The highest BCUT2D eigenvalue weighted by Crippen LogP contribution is 2.28. The van der Waals surface area contributed by atoms with E-state index in [1.54, 1.807) is 18.2 Å². The second-order valence-corrected chi connectivity index (χ2v) is 5.29. The molecule has 4 nitrogen and oxygen atoms in total. The summed E-state index contributed by atoms with van der Waals surface area (Å²) in [5.41, 5.74) is 2.13. The SMILES string of the molecule is CC(C)(Nc1nc2ccc(O)cc2o1)c1ccccc1. The highest BCUT2D eigenvalue weighted by Gasteiger charge is 2.22.